The van der Waals surface area contributed by atoms with Crippen molar-refractivity contribution < 1.29 is 9.72 Å². The standard InChI is InChI=1S/C20H26N4O3S/c1-12-6-5-9-23(11-12)17-8-7-16(10-18(17)24(26)27)20(25)22-14(3)19-13(2)21-15(4)28-19/h7-8,10,12,14H,5-6,9,11H2,1-4H3,(H,22,25)/t12-,14-/m0/s1. The van der Waals surface area contributed by atoms with Crippen molar-refractivity contribution in [3.05, 3.63) is 49.5 Å². The van der Waals surface area contributed by atoms with Gasteiger partial charge in [0.05, 0.1) is 21.7 Å². The smallest absolute Gasteiger partial charge is 0.293 e. The number of amides is 1. The fourth-order valence-corrected chi connectivity index (χ4v) is 4.71. The van der Waals surface area contributed by atoms with Crippen LogP contribution in [0.3, 0.4) is 0 Å². The normalized spacial score (nSPS) is 18.0. The summed E-state index contributed by atoms with van der Waals surface area (Å²) in [6, 6.07) is 4.56. The van der Waals surface area contributed by atoms with Crippen LogP contribution in [-0.4, -0.2) is 28.9 Å². The SMILES string of the molecule is Cc1nc(C)c([C@H](C)NC(=O)c2ccc(N3CCC[C@H](C)C3)c([N+](=O)[O-])c2)s1. The van der Waals surface area contributed by atoms with Crippen LogP contribution in [0.1, 0.15) is 58.7 Å². The monoisotopic (exact) mass is 402 g/mol. The van der Waals surface area contributed by atoms with Gasteiger partial charge in [0.15, 0.2) is 0 Å². The highest BCUT2D eigenvalue weighted by molar-refractivity contribution is 7.11. The molecule has 2 atom stereocenters. The first-order chi connectivity index (χ1) is 13.3. The number of nitrogens with zero attached hydrogens (tertiary/aromatic N) is 3. The van der Waals surface area contributed by atoms with Gasteiger partial charge in [0.1, 0.15) is 5.69 Å². The maximum Gasteiger partial charge on any atom is 0.293 e. The van der Waals surface area contributed by atoms with E-state index in [1.807, 2.05) is 20.8 Å². The van der Waals surface area contributed by atoms with Crippen LogP contribution in [0.15, 0.2) is 18.2 Å². The van der Waals surface area contributed by atoms with E-state index >= 15 is 0 Å². The largest absolute Gasteiger partial charge is 0.366 e. The summed E-state index contributed by atoms with van der Waals surface area (Å²) in [7, 11) is 0. The number of nitro benzene ring substituents is 1. The van der Waals surface area contributed by atoms with Crippen molar-refractivity contribution in [1.82, 2.24) is 10.3 Å². The summed E-state index contributed by atoms with van der Waals surface area (Å²) >= 11 is 1.55. The number of benzene rings is 1. The van der Waals surface area contributed by atoms with Crippen molar-refractivity contribution >= 4 is 28.6 Å². The summed E-state index contributed by atoms with van der Waals surface area (Å²) in [5, 5.41) is 15.5. The van der Waals surface area contributed by atoms with Crippen LogP contribution in [0, 0.1) is 29.9 Å². The molecule has 1 aromatic heterocycles. The van der Waals surface area contributed by atoms with E-state index in [1.165, 1.54) is 6.07 Å². The maximum atomic E-state index is 12.7. The second-order valence-corrected chi connectivity index (χ2v) is 8.77. The lowest BCUT2D eigenvalue weighted by Crippen LogP contribution is -2.34. The molecular weight excluding hydrogens is 376 g/mol. The van der Waals surface area contributed by atoms with E-state index in [0.29, 0.717) is 17.2 Å². The Morgan fingerprint density at radius 1 is 1.43 bits per heavy atom. The summed E-state index contributed by atoms with van der Waals surface area (Å²) in [4.78, 5) is 31.4. The van der Waals surface area contributed by atoms with Crippen molar-refractivity contribution in [2.75, 3.05) is 18.0 Å². The van der Waals surface area contributed by atoms with E-state index in [1.54, 1.807) is 23.5 Å². The molecule has 0 bridgehead atoms. The van der Waals surface area contributed by atoms with E-state index in [9.17, 15) is 14.9 Å². The van der Waals surface area contributed by atoms with Gasteiger partial charge in [-0.1, -0.05) is 6.92 Å². The Labute approximate surface area is 168 Å². The first kappa shape index (κ1) is 20.3. The predicted molar refractivity (Wildman–Crippen MR) is 111 cm³/mol. The molecule has 0 unspecified atom stereocenters. The molecule has 1 saturated heterocycles. The number of anilines is 1. The van der Waals surface area contributed by atoms with Crippen molar-refractivity contribution in [1.29, 1.82) is 0 Å². The molecule has 1 N–H and O–H groups in total. The minimum atomic E-state index is -0.397. The molecule has 0 radical (unpaired) electrons. The first-order valence-corrected chi connectivity index (χ1v) is 10.4. The van der Waals surface area contributed by atoms with E-state index in [4.69, 9.17) is 0 Å². The molecule has 0 aliphatic carbocycles. The minimum Gasteiger partial charge on any atom is -0.366 e. The molecule has 1 aromatic carbocycles. The number of carbonyl (C=O) groups is 1. The highest BCUT2D eigenvalue weighted by atomic mass is 32.1. The fourth-order valence-electron chi connectivity index (χ4n) is 3.78. The molecule has 1 amide bonds. The maximum absolute atomic E-state index is 12.7. The molecule has 8 heteroatoms. The Morgan fingerprint density at radius 3 is 2.79 bits per heavy atom. The summed E-state index contributed by atoms with van der Waals surface area (Å²) in [6.07, 6.45) is 2.16. The molecule has 2 aromatic rings. The Kier molecular flexibility index (Phi) is 5.98. The number of nitrogens with one attached hydrogen (secondary N) is 1. The van der Waals surface area contributed by atoms with E-state index < -0.39 is 4.92 Å². The fraction of sp³-hybridized carbons (Fsp3) is 0.500. The number of thiazole rings is 1. The number of rotatable bonds is 5. The topological polar surface area (TPSA) is 88.4 Å². The average molecular weight is 403 g/mol. The Morgan fingerprint density at radius 2 is 2.18 bits per heavy atom. The van der Waals surface area contributed by atoms with Gasteiger partial charge in [0.2, 0.25) is 0 Å². The van der Waals surface area contributed by atoms with Gasteiger partial charge in [-0.25, -0.2) is 4.98 Å². The van der Waals surface area contributed by atoms with Crippen LogP contribution >= 0.6 is 11.3 Å². The van der Waals surface area contributed by atoms with Gasteiger partial charge in [-0.15, -0.1) is 11.3 Å². The van der Waals surface area contributed by atoms with Crippen LogP contribution in [-0.2, 0) is 0 Å². The molecule has 0 spiro atoms. The molecule has 2 heterocycles. The van der Waals surface area contributed by atoms with E-state index in [2.05, 4.69) is 22.1 Å². The summed E-state index contributed by atoms with van der Waals surface area (Å²) in [5.74, 6) is 0.183. The molecule has 1 aliphatic heterocycles. The second kappa shape index (κ2) is 8.26. The number of hydrogen-bond acceptors (Lipinski definition) is 6. The summed E-state index contributed by atoms with van der Waals surface area (Å²) in [5.41, 5.74) is 1.77. The molecule has 28 heavy (non-hydrogen) atoms. The average Bonchev–Trinajstić information content (AvgIpc) is 2.99. The van der Waals surface area contributed by atoms with Crippen LogP contribution in [0.2, 0.25) is 0 Å². The zero-order valence-corrected chi connectivity index (χ0v) is 17.5. The van der Waals surface area contributed by atoms with Crippen LogP contribution in [0.25, 0.3) is 0 Å². The number of aryl methyl sites for hydroxylation is 2. The van der Waals surface area contributed by atoms with Gasteiger partial charge >= 0.3 is 0 Å². The highest BCUT2D eigenvalue weighted by Crippen LogP contribution is 2.33. The third-order valence-corrected chi connectivity index (χ3v) is 6.37. The molecule has 0 saturated carbocycles. The van der Waals surface area contributed by atoms with Gasteiger partial charge < -0.3 is 10.2 Å². The summed E-state index contributed by atoms with van der Waals surface area (Å²) in [6.45, 7) is 9.51. The second-order valence-electron chi connectivity index (χ2n) is 7.53. The Hall–Kier alpha value is -2.48. The first-order valence-electron chi connectivity index (χ1n) is 9.54. The van der Waals surface area contributed by atoms with Gasteiger partial charge in [-0.05, 0) is 51.7 Å². The summed E-state index contributed by atoms with van der Waals surface area (Å²) < 4.78 is 0. The lowest BCUT2D eigenvalue weighted by molar-refractivity contribution is -0.384. The Balaban J connectivity index is 1.82. The van der Waals surface area contributed by atoms with Crippen molar-refractivity contribution in [3.63, 3.8) is 0 Å². The third kappa shape index (κ3) is 4.32. The quantitative estimate of drug-likeness (QED) is 0.592. The van der Waals surface area contributed by atoms with Gasteiger partial charge in [0, 0.05) is 29.6 Å². The van der Waals surface area contributed by atoms with Gasteiger partial charge in [-0.2, -0.15) is 0 Å². The van der Waals surface area contributed by atoms with Gasteiger partial charge in [-0.3, -0.25) is 14.9 Å². The lowest BCUT2D eigenvalue weighted by Gasteiger charge is -2.32. The molecule has 7 nitrogen and oxygen atoms in total. The Bertz CT molecular complexity index is 896. The zero-order chi connectivity index (χ0) is 20.4. The molecule has 1 aliphatic rings. The molecular formula is C20H26N4O3S. The van der Waals surface area contributed by atoms with E-state index in [-0.39, 0.29) is 17.6 Å². The number of carbonyl (C=O) groups excluding carboxylic acids is 1. The third-order valence-electron chi connectivity index (χ3n) is 5.11. The number of piperidine rings is 1. The van der Waals surface area contributed by atoms with E-state index in [0.717, 1.165) is 41.5 Å². The highest BCUT2D eigenvalue weighted by Gasteiger charge is 2.26. The van der Waals surface area contributed by atoms with Crippen LogP contribution in [0.4, 0.5) is 11.4 Å². The molecule has 150 valence electrons. The molecule has 3 rings (SSSR count). The lowest BCUT2D eigenvalue weighted by atomic mass is 9.99. The van der Waals surface area contributed by atoms with Crippen molar-refractivity contribution in [2.24, 2.45) is 5.92 Å². The predicted octanol–water partition coefficient (Wildman–Crippen LogP) is 4.40. The molecule has 1 fully saturated rings. The van der Waals surface area contributed by atoms with Gasteiger partial charge in [0.25, 0.3) is 11.6 Å². The van der Waals surface area contributed by atoms with Crippen LogP contribution in [0.5, 0.6) is 0 Å². The zero-order valence-electron chi connectivity index (χ0n) is 16.7. The minimum absolute atomic E-state index is 0.0146. The number of nitro groups is 1. The number of hydrogen-bond donors (Lipinski definition) is 1. The van der Waals surface area contributed by atoms with Crippen molar-refractivity contribution in [2.45, 2.75) is 46.6 Å². The van der Waals surface area contributed by atoms with Crippen LogP contribution < -0.4 is 10.2 Å². The number of aromatic nitrogens is 1. The van der Waals surface area contributed by atoms with Crippen molar-refractivity contribution in [3.8, 4) is 0 Å².